The van der Waals surface area contributed by atoms with Crippen LogP contribution >= 0.6 is 11.6 Å². The molecule has 1 N–H and O–H groups in total. The molecule has 0 saturated heterocycles. The summed E-state index contributed by atoms with van der Waals surface area (Å²) in [6.45, 7) is 0. The summed E-state index contributed by atoms with van der Waals surface area (Å²) in [5, 5.41) is 6.73. The molecule has 0 saturated carbocycles. The van der Waals surface area contributed by atoms with E-state index >= 15 is 0 Å². The number of nitrogens with zero attached hydrogens (tertiary/aromatic N) is 2. The molecule has 0 bridgehead atoms. The lowest BCUT2D eigenvalue weighted by Gasteiger charge is -2.07. The molecule has 5 heteroatoms. The number of fused-ring (bicyclic) bond motifs is 1. The van der Waals surface area contributed by atoms with E-state index in [2.05, 4.69) is 10.5 Å². The zero-order valence-electron chi connectivity index (χ0n) is 14.3. The van der Waals surface area contributed by atoms with E-state index < -0.39 is 0 Å². The summed E-state index contributed by atoms with van der Waals surface area (Å²) in [4.78, 5) is 12.5. The predicted molar refractivity (Wildman–Crippen MR) is 110 cm³/mol. The fraction of sp³-hybridized carbons (Fsp3) is 0. The molecule has 1 amide bonds. The number of nitrogens with one attached hydrogen (secondary N) is 1. The molecule has 0 aliphatic heterocycles. The molecule has 0 aliphatic rings. The molecule has 1 aromatic heterocycles. The highest BCUT2D eigenvalue weighted by Gasteiger charge is 2.08. The summed E-state index contributed by atoms with van der Waals surface area (Å²) in [5.74, 6) is -0.243. The van der Waals surface area contributed by atoms with Gasteiger partial charge in [-0.25, -0.2) is 5.43 Å². The van der Waals surface area contributed by atoms with E-state index in [1.54, 1.807) is 12.3 Å². The number of hydrogen-bond donors (Lipinski definition) is 1. The summed E-state index contributed by atoms with van der Waals surface area (Å²) in [6, 6.07) is 24.8. The zero-order chi connectivity index (χ0) is 18.6. The van der Waals surface area contributed by atoms with Crippen molar-refractivity contribution in [2.45, 2.75) is 0 Å². The number of aromatic nitrogens is 1. The molecule has 3 aromatic carbocycles. The SMILES string of the molecule is O=C(N/N=C\c1cccn1-c1ccc(Cl)cc1)c1cccc2ccccc12. The Morgan fingerprint density at radius 3 is 2.56 bits per heavy atom. The molecular formula is C22H16ClN3O. The minimum Gasteiger partial charge on any atom is -0.316 e. The fourth-order valence-electron chi connectivity index (χ4n) is 2.98. The van der Waals surface area contributed by atoms with E-state index in [1.807, 2.05) is 83.6 Å². The molecule has 0 unspecified atom stereocenters. The molecule has 4 aromatic rings. The largest absolute Gasteiger partial charge is 0.316 e. The number of halogens is 1. The number of amides is 1. The topological polar surface area (TPSA) is 46.4 Å². The van der Waals surface area contributed by atoms with Crippen molar-refractivity contribution in [3.63, 3.8) is 0 Å². The molecular weight excluding hydrogens is 358 g/mol. The Labute approximate surface area is 161 Å². The standard InChI is InChI=1S/C22H16ClN3O/c23-17-10-12-18(13-11-17)26-14-4-7-19(26)15-24-25-22(27)21-9-3-6-16-5-1-2-8-20(16)21/h1-15H,(H,25,27)/b24-15-. The van der Waals surface area contributed by atoms with Gasteiger partial charge in [0.2, 0.25) is 0 Å². The first-order valence-electron chi connectivity index (χ1n) is 8.47. The van der Waals surface area contributed by atoms with Crippen molar-refractivity contribution in [3.8, 4) is 5.69 Å². The van der Waals surface area contributed by atoms with E-state index in [4.69, 9.17) is 11.6 Å². The van der Waals surface area contributed by atoms with Gasteiger partial charge >= 0.3 is 0 Å². The Kier molecular flexibility index (Phi) is 4.73. The van der Waals surface area contributed by atoms with E-state index in [0.29, 0.717) is 10.6 Å². The van der Waals surface area contributed by atoms with Crippen molar-refractivity contribution in [3.05, 3.63) is 101 Å². The first kappa shape index (κ1) is 17.1. The molecule has 4 nitrogen and oxygen atoms in total. The minimum atomic E-state index is -0.243. The van der Waals surface area contributed by atoms with Gasteiger partial charge in [0.1, 0.15) is 0 Å². The molecule has 0 spiro atoms. The third-order valence-corrected chi connectivity index (χ3v) is 4.53. The highest BCUT2D eigenvalue weighted by atomic mass is 35.5. The Morgan fingerprint density at radius 2 is 1.70 bits per heavy atom. The van der Waals surface area contributed by atoms with Crippen LogP contribution in [0.5, 0.6) is 0 Å². The third-order valence-electron chi connectivity index (χ3n) is 4.28. The summed E-state index contributed by atoms with van der Waals surface area (Å²) in [5.41, 5.74) is 5.02. The maximum Gasteiger partial charge on any atom is 0.271 e. The molecule has 132 valence electrons. The zero-order valence-corrected chi connectivity index (χ0v) is 15.1. The molecule has 0 radical (unpaired) electrons. The Morgan fingerprint density at radius 1 is 0.926 bits per heavy atom. The Bertz CT molecular complexity index is 1120. The molecule has 1 heterocycles. The van der Waals surface area contributed by atoms with Crippen molar-refractivity contribution < 1.29 is 4.79 Å². The number of carbonyl (C=O) groups excluding carboxylic acids is 1. The number of carbonyl (C=O) groups is 1. The normalized spacial score (nSPS) is 11.1. The summed E-state index contributed by atoms with van der Waals surface area (Å²) < 4.78 is 1.96. The van der Waals surface area contributed by atoms with E-state index in [0.717, 1.165) is 22.2 Å². The molecule has 4 rings (SSSR count). The fourth-order valence-corrected chi connectivity index (χ4v) is 3.10. The van der Waals surface area contributed by atoms with Crippen molar-refractivity contribution in [2.75, 3.05) is 0 Å². The summed E-state index contributed by atoms with van der Waals surface area (Å²) in [7, 11) is 0. The maximum absolute atomic E-state index is 12.5. The van der Waals surface area contributed by atoms with E-state index in [9.17, 15) is 4.79 Å². The highest BCUT2D eigenvalue weighted by molar-refractivity contribution is 6.30. The highest BCUT2D eigenvalue weighted by Crippen LogP contribution is 2.18. The lowest BCUT2D eigenvalue weighted by atomic mass is 10.0. The first-order chi connectivity index (χ1) is 13.2. The van der Waals surface area contributed by atoms with Gasteiger partial charge in [0.25, 0.3) is 5.91 Å². The lowest BCUT2D eigenvalue weighted by Crippen LogP contribution is -2.18. The van der Waals surface area contributed by atoms with Crippen LogP contribution in [0.1, 0.15) is 16.1 Å². The van der Waals surface area contributed by atoms with E-state index in [1.165, 1.54) is 0 Å². The van der Waals surface area contributed by atoms with Crippen molar-refractivity contribution in [1.29, 1.82) is 0 Å². The van der Waals surface area contributed by atoms with Gasteiger partial charge in [0, 0.05) is 22.5 Å². The second-order valence-electron chi connectivity index (χ2n) is 6.01. The van der Waals surface area contributed by atoms with Gasteiger partial charge < -0.3 is 4.57 Å². The lowest BCUT2D eigenvalue weighted by molar-refractivity contribution is 0.0957. The smallest absolute Gasteiger partial charge is 0.271 e. The van der Waals surface area contributed by atoms with Gasteiger partial charge in [0.15, 0.2) is 0 Å². The number of rotatable bonds is 4. The third kappa shape index (κ3) is 3.61. The van der Waals surface area contributed by atoms with Crippen LogP contribution in [0.4, 0.5) is 0 Å². The maximum atomic E-state index is 12.5. The van der Waals surface area contributed by atoms with E-state index in [-0.39, 0.29) is 5.91 Å². The van der Waals surface area contributed by atoms with Crippen molar-refractivity contribution in [2.24, 2.45) is 5.10 Å². The summed E-state index contributed by atoms with van der Waals surface area (Å²) in [6.07, 6.45) is 3.55. The quantitative estimate of drug-likeness (QED) is 0.395. The molecule has 27 heavy (non-hydrogen) atoms. The van der Waals surface area contributed by atoms with Crippen LogP contribution in [-0.4, -0.2) is 16.7 Å². The Balaban J connectivity index is 1.54. The summed E-state index contributed by atoms with van der Waals surface area (Å²) >= 11 is 5.95. The minimum absolute atomic E-state index is 0.243. The van der Waals surface area contributed by atoms with Crippen molar-refractivity contribution in [1.82, 2.24) is 9.99 Å². The van der Waals surface area contributed by atoms with Crippen LogP contribution in [0.25, 0.3) is 16.5 Å². The monoisotopic (exact) mass is 373 g/mol. The Hall–Kier alpha value is -3.37. The molecule has 0 atom stereocenters. The first-order valence-corrected chi connectivity index (χ1v) is 8.85. The number of benzene rings is 3. The van der Waals surface area contributed by atoms with Crippen LogP contribution in [0.3, 0.4) is 0 Å². The second-order valence-corrected chi connectivity index (χ2v) is 6.44. The van der Waals surface area contributed by atoms with Crippen LogP contribution in [0.2, 0.25) is 5.02 Å². The van der Waals surface area contributed by atoms with Crippen LogP contribution < -0.4 is 5.43 Å². The molecule has 0 fully saturated rings. The second kappa shape index (κ2) is 7.48. The van der Waals surface area contributed by atoms with Gasteiger partial charge in [-0.15, -0.1) is 0 Å². The average Bonchev–Trinajstić information content (AvgIpc) is 3.16. The van der Waals surface area contributed by atoms with Gasteiger partial charge in [-0.2, -0.15) is 5.10 Å². The predicted octanol–water partition coefficient (Wildman–Crippen LogP) is 5.05. The van der Waals surface area contributed by atoms with Gasteiger partial charge in [0.05, 0.1) is 11.9 Å². The van der Waals surface area contributed by atoms with Gasteiger partial charge in [-0.05, 0) is 53.2 Å². The average molecular weight is 374 g/mol. The van der Waals surface area contributed by atoms with Crippen LogP contribution in [0, 0.1) is 0 Å². The molecule has 0 aliphatic carbocycles. The van der Waals surface area contributed by atoms with Crippen LogP contribution in [-0.2, 0) is 0 Å². The van der Waals surface area contributed by atoms with Gasteiger partial charge in [-0.3, -0.25) is 4.79 Å². The number of hydrazone groups is 1. The van der Waals surface area contributed by atoms with Crippen molar-refractivity contribution >= 4 is 34.5 Å². The van der Waals surface area contributed by atoms with Gasteiger partial charge in [-0.1, -0.05) is 48.0 Å². The number of hydrogen-bond acceptors (Lipinski definition) is 2. The van der Waals surface area contributed by atoms with Crippen LogP contribution in [0.15, 0.2) is 90.2 Å².